The molecule has 0 aromatic heterocycles. The fourth-order valence-electron chi connectivity index (χ4n) is 2.91. The van der Waals surface area contributed by atoms with E-state index in [2.05, 4.69) is 74.5 Å². The number of benzene rings is 2. The van der Waals surface area contributed by atoms with Crippen molar-refractivity contribution < 1.29 is 58.9 Å². The fourth-order valence-corrected chi connectivity index (χ4v) is 2.91. The molecule has 4 heteroatoms. The van der Waals surface area contributed by atoms with Crippen molar-refractivity contribution in [3.63, 3.8) is 0 Å². The Bertz CT molecular complexity index is 647. The molecule has 2 aromatic rings. The Hall–Kier alpha value is -0.496. The van der Waals surface area contributed by atoms with Crippen LogP contribution in [0.3, 0.4) is 0 Å². The Balaban J connectivity index is 0. The van der Waals surface area contributed by atoms with E-state index in [-0.39, 0.29) is 58.9 Å². The summed E-state index contributed by atoms with van der Waals surface area (Å²) in [7, 11) is 0. The van der Waals surface area contributed by atoms with E-state index in [1.807, 2.05) is 6.08 Å². The number of hydrogen-bond acceptors (Lipinski definition) is 0. The molecule has 0 bridgehead atoms. The van der Waals surface area contributed by atoms with Gasteiger partial charge in [0, 0.05) is 5.92 Å². The molecule has 0 radical (unpaired) electrons. The quantitative estimate of drug-likeness (QED) is 0.357. The maximum atomic E-state index is 3.43. The third-order valence-electron chi connectivity index (χ3n) is 3.82. The van der Waals surface area contributed by atoms with Gasteiger partial charge in [0.1, 0.15) is 0 Å². The van der Waals surface area contributed by atoms with E-state index < -0.39 is 0 Å². The van der Waals surface area contributed by atoms with E-state index in [4.69, 9.17) is 0 Å². The average molecular weight is 414 g/mol. The molecule has 0 spiro atoms. The minimum atomic E-state index is 0. The molecule has 24 heavy (non-hydrogen) atoms. The number of hydrogen-bond donors (Lipinski definition) is 0. The van der Waals surface area contributed by atoms with E-state index in [0.29, 0.717) is 5.92 Å². The summed E-state index contributed by atoms with van der Waals surface area (Å²) < 4.78 is 0. The van der Waals surface area contributed by atoms with Crippen LogP contribution in [0, 0.1) is 19.9 Å². The zero-order chi connectivity index (χ0) is 13.9. The second-order valence-corrected chi connectivity index (χ2v) is 5.54. The maximum absolute atomic E-state index is 3.43. The van der Waals surface area contributed by atoms with Crippen LogP contribution in [-0.2, 0) is 21.7 Å². The van der Waals surface area contributed by atoms with Gasteiger partial charge in [-0.2, -0.15) is 5.57 Å². The monoisotopic (exact) mass is 412 g/mol. The molecular weight excluding hydrogens is 394 g/mol. The average Bonchev–Trinajstić information content (AvgIpc) is 2.93. The third-order valence-corrected chi connectivity index (χ3v) is 3.82. The Labute approximate surface area is 178 Å². The van der Waals surface area contributed by atoms with Crippen molar-refractivity contribution in [1.82, 2.24) is 0 Å². The van der Waals surface area contributed by atoms with Crippen molar-refractivity contribution in [3.05, 3.63) is 94.6 Å². The van der Waals surface area contributed by atoms with Crippen LogP contribution >= 0.6 is 0 Å². The largest absolute Gasteiger partial charge is 4.00 e. The van der Waals surface area contributed by atoms with Gasteiger partial charge in [-0.1, -0.05) is 66.1 Å². The Morgan fingerprint density at radius 1 is 0.833 bits per heavy atom. The van der Waals surface area contributed by atoms with Gasteiger partial charge in [-0.15, -0.1) is 0 Å². The van der Waals surface area contributed by atoms with E-state index >= 15 is 0 Å². The van der Waals surface area contributed by atoms with Crippen molar-refractivity contribution in [1.29, 1.82) is 0 Å². The Morgan fingerprint density at radius 3 is 1.71 bits per heavy atom. The predicted molar refractivity (Wildman–Crippen MR) is 84.7 cm³/mol. The molecule has 0 saturated heterocycles. The number of allylic oxidation sites excluding steroid dienone is 4. The molecule has 1 aliphatic carbocycles. The first kappa shape index (κ1) is 25.7. The summed E-state index contributed by atoms with van der Waals surface area (Å²) in [5.74, 6) is 0.324. The van der Waals surface area contributed by atoms with Crippen LogP contribution in [0.15, 0.2) is 66.3 Å². The van der Waals surface area contributed by atoms with Gasteiger partial charge in [0.2, 0.25) is 0 Å². The van der Waals surface area contributed by atoms with Crippen LogP contribution < -0.4 is 37.2 Å². The van der Waals surface area contributed by atoms with Crippen molar-refractivity contribution in [3.8, 4) is 0 Å². The van der Waals surface area contributed by atoms with Gasteiger partial charge in [0.15, 0.2) is 0 Å². The molecule has 3 rings (SSSR count). The summed E-state index contributed by atoms with van der Waals surface area (Å²) >= 11 is 0. The molecular formula is C20H19Cl3Ti. The summed E-state index contributed by atoms with van der Waals surface area (Å²) in [5.41, 5.74) is 6.71. The van der Waals surface area contributed by atoms with E-state index in [9.17, 15) is 0 Å². The van der Waals surface area contributed by atoms with E-state index in [1.165, 1.54) is 27.8 Å². The second kappa shape index (κ2) is 12.0. The summed E-state index contributed by atoms with van der Waals surface area (Å²) in [4.78, 5) is 0. The number of aryl methyl sites for hydroxylation is 2. The van der Waals surface area contributed by atoms with Crippen LogP contribution in [-0.4, -0.2) is 0 Å². The Kier molecular flexibility index (Phi) is 12.8. The molecule has 0 unspecified atom stereocenters. The van der Waals surface area contributed by atoms with Gasteiger partial charge in [-0.25, -0.2) is 12.2 Å². The molecule has 0 saturated carbocycles. The summed E-state index contributed by atoms with van der Waals surface area (Å²) in [6, 6.07) is 17.6. The molecule has 0 heterocycles. The molecule has 1 aliphatic rings. The topological polar surface area (TPSA) is 0 Å². The van der Waals surface area contributed by atoms with Crippen molar-refractivity contribution in [2.24, 2.45) is 0 Å². The van der Waals surface area contributed by atoms with Gasteiger partial charge >= 0.3 is 21.7 Å². The van der Waals surface area contributed by atoms with Crippen LogP contribution in [0.4, 0.5) is 0 Å². The van der Waals surface area contributed by atoms with Gasteiger partial charge in [-0.3, -0.25) is 6.08 Å². The molecule has 124 valence electrons. The smallest absolute Gasteiger partial charge is 1.00 e. The molecule has 0 nitrogen and oxygen atoms in total. The van der Waals surface area contributed by atoms with Crippen molar-refractivity contribution in [2.75, 3.05) is 0 Å². The van der Waals surface area contributed by atoms with Crippen LogP contribution in [0.5, 0.6) is 0 Å². The first-order valence-corrected chi connectivity index (χ1v) is 7.14. The van der Waals surface area contributed by atoms with Gasteiger partial charge in [0.05, 0.1) is 0 Å². The van der Waals surface area contributed by atoms with Gasteiger partial charge in [-0.05, 0) is 25.0 Å². The second-order valence-electron chi connectivity index (χ2n) is 5.54. The zero-order valence-electron chi connectivity index (χ0n) is 13.7. The summed E-state index contributed by atoms with van der Waals surface area (Å²) in [5, 5.41) is 0. The number of rotatable bonds is 3. The van der Waals surface area contributed by atoms with Crippen LogP contribution in [0.25, 0.3) is 0 Å². The molecule has 0 fully saturated rings. The molecule has 0 N–H and O–H groups in total. The first-order valence-electron chi connectivity index (χ1n) is 7.14. The zero-order valence-corrected chi connectivity index (χ0v) is 17.5. The molecule has 2 aromatic carbocycles. The van der Waals surface area contributed by atoms with Crippen molar-refractivity contribution >= 4 is 0 Å². The van der Waals surface area contributed by atoms with Gasteiger partial charge in [0.25, 0.3) is 0 Å². The fraction of sp³-hybridized carbons (Fsp3) is 0.200. The molecule has 0 aliphatic heterocycles. The van der Waals surface area contributed by atoms with E-state index in [1.54, 1.807) is 0 Å². The van der Waals surface area contributed by atoms with Crippen LogP contribution in [0.1, 0.15) is 34.6 Å². The predicted octanol–water partition coefficient (Wildman–Crippen LogP) is -3.87. The maximum Gasteiger partial charge on any atom is 4.00 e. The first-order chi connectivity index (χ1) is 9.74. The number of halogens is 3. The Morgan fingerprint density at radius 2 is 1.33 bits per heavy atom. The third kappa shape index (κ3) is 6.10. The van der Waals surface area contributed by atoms with E-state index in [0.717, 1.165) is 6.42 Å². The normalized spacial score (nSPS) is 11.5. The van der Waals surface area contributed by atoms with Crippen molar-refractivity contribution in [2.45, 2.75) is 26.2 Å². The molecule has 0 amide bonds. The standard InChI is InChI=1S/C20H19.3ClH.Ti/c1-15-7-5-11-18(13-15)20(17-9-3-4-10-17)19-12-6-8-16(2)14-19;;;;/h3-8,11-14,20H,9H2,1-2H3;3*1H;/q-1;;;;+4/p-3. The van der Waals surface area contributed by atoms with Gasteiger partial charge < -0.3 is 37.2 Å². The molecule has 0 atom stereocenters. The summed E-state index contributed by atoms with van der Waals surface area (Å²) in [6.07, 6.45) is 8.67. The van der Waals surface area contributed by atoms with Crippen LogP contribution in [0.2, 0.25) is 0 Å². The minimum absolute atomic E-state index is 0. The SMILES string of the molecule is Cc1cccc(C(C2=[C-]C=CC2)c2cccc(C)c2)c1.[Cl-].[Cl-].[Cl-].[Ti+4]. The minimum Gasteiger partial charge on any atom is -1.00 e. The summed E-state index contributed by atoms with van der Waals surface area (Å²) in [6.45, 7) is 4.31.